The van der Waals surface area contributed by atoms with Gasteiger partial charge in [0.05, 0.1) is 0 Å². The summed E-state index contributed by atoms with van der Waals surface area (Å²) in [5.74, 6) is 0. The minimum atomic E-state index is -0.0462. The van der Waals surface area contributed by atoms with E-state index in [0.717, 1.165) is 18.4 Å². The zero-order chi connectivity index (χ0) is 14.5. The normalized spacial score (nSPS) is 15.8. The van der Waals surface area contributed by atoms with Gasteiger partial charge in [-0.1, -0.05) is 55.7 Å². The first-order valence-corrected chi connectivity index (χ1v) is 7.83. The minimum absolute atomic E-state index is 0.0462. The quantitative estimate of drug-likeness (QED) is 0.878. The lowest BCUT2D eigenvalue weighted by Crippen LogP contribution is -2.42. The molecule has 2 aromatic carbocycles. The Bertz CT molecular complexity index is 617. The molecule has 0 aromatic heterocycles. The summed E-state index contributed by atoms with van der Waals surface area (Å²) >= 11 is 0. The summed E-state index contributed by atoms with van der Waals surface area (Å²) in [4.78, 5) is 11.9. The third-order valence-electron chi connectivity index (χ3n) is 4.21. The third-order valence-corrected chi connectivity index (χ3v) is 4.21. The Balaban J connectivity index is 1.54. The standard InChI is InChI=1S/C18H22N2O/c21-18(20-17-8-2-1-3-9-17)19-13-14-10-11-15-6-4-5-7-16(15)12-14/h4-7,10-12,17H,1-3,8-9,13H2,(H2,19,20,21). The van der Waals surface area contributed by atoms with Gasteiger partial charge in [-0.3, -0.25) is 0 Å². The first-order valence-electron chi connectivity index (χ1n) is 7.83. The van der Waals surface area contributed by atoms with Crippen LogP contribution >= 0.6 is 0 Å². The van der Waals surface area contributed by atoms with Crippen LogP contribution in [0.2, 0.25) is 0 Å². The SMILES string of the molecule is O=C(NCc1ccc2ccccc2c1)NC1CCCCC1. The molecule has 0 atom stereocenters. The zero-order valence-electron chi connectivity index (χ0n) is 12.3. The van der Waals surface area contributed by atoms with E-state index >= 15 is 0 Å². The van der Waals surface area contributed by atoms with Crippen molar-refractivity contribution in [3.05, 3.63) is 48.0 Å². The monoisotopic (exact) mass is 282 g/mol. The predicted molar refractivity (Wildman–Crippen MR) is 86.2 cm³/mol. The van der Waals surface area contributed by atoms with E-state index in [0.29, 0.717) is 12.6 Å². The highest BCUT2D eigenvalue weighted by Crippen LogP contribution is 2.17. The van der Waals surface area contributed by atoms with Crippen LogP contribution in [0.5, 0.6) is 0 Å². The van der Waals surface area contributed by atoms with E-state index in [-0.39, 0.29) is 6.03 Å². The molecule has 0 saturated heterocycles. The maximum Gasteiger partial charge on any atom is 0.315 e. The fourth-order valence-electron chi connectivity index (χ4n) is 3.01. The molecule has 0 unspecified atom stereocenters. The van der Waals surface area contributed by atoms with E-state index in [2.05, 4.69) is 41.0 Å². The average molecular weight is 282 g/mol. The molecule has 3 rings (SSSR count). The number of amides is 2. The van der Waals surface area contributed by atoms with Crippen LogP contribution in [0.1, 0.15) is 37.7 Å². The first kappa shape index (κ1) is 13.9. The van der Waals surface area contributed by atoms with Gasteiger partial charge in [-0.15, -0.1) is 0 Å². The minimum Gasteiger partial charge on any atom is -0.335 e. The van der Waals surface area contributed by atoms with Gasteiger partial charge in [0.2, 0.25) is 0 Å². The van der Waals surface area contributed by atoms with Crippen molar-refractivity contribution >= 4 is 16.8 Å². The number of fused-ring (bicyclic) bond motifs is 1. The summed E-state index contributed by atoms with van der Waals surface area (Å²) in [6.45, 7) is 0.573. The van der Waals surface area contributed by atoms with E-state index in [1.807, 2.05) is 12.1 Å². The Labute approximate surface area is 125 Å². The number of carbonyl (C=O) groups is 1. The number of nitrogens with one attached hydrogen (secondary N) is 2. The van der Waals surface area contributed by atoms with Crippen LogP contribution < -0.4 is 10.6 Å². The van der Waals surface area contributed by atoms with Crippen molar-refractivity contribution in [1.82, 2.24) is 10.6 Å². The average Bonchev–Trinajstić information content (AvgIpc) is 2.54. The van der Waals surface area contributed by atoms with Gasteiger partial charge in [-0.25, -0.2) is 4.79 Å². The Morgan fingerprint density at radius 3 is 2.57 bits per heavy atom. The highest BCUT2D eigenvalue weighted by molar-refractivity contribution is 5.83. The molecular weight excluding hydrogens is 260 g/mol. The van der Waals surface area contributed by atoms with E-state index in [9.17, 15) is 4.79 Å². The largest absolute Gasteiger partial charge is 0.335 e. The van der Waals surface area contributed by atoms with Crippen molar-refractivity contribution in [1.29, 1.82) is 0 Å². The summed E-state index contributed by atoms with van der Waals surface area (Å²) in [5, 5.41) is 8.48. The Kier molecular flexibility index (Phi) is 4.39. The number of carbonyl (C=O) groups excluding carboxylic acids is 1. The molecule has 3 nitrogen and oxygen atoms in total. The van der Waals surface area contributed by atoms with Crippen molar-refractivity contribution in [2.24, 2.45) is 0 Å². The fourth-order valence-corrected chi connectivity index (χ4v) is 3.01. The van der Waals surface area contributed by atoms with Gasteiger partial charge in [-0.05, 0) is 35.2 Å². The molecule has 1 fully saturated rings. The molecule has 110 valence electrons. The number of benzene rings is 2. The summed E-state index contributed by atoms with van der Waals surface area (Å²) < 4.78 is 0. The molecule has 0 aliphatic heterocycles. The van der Waals surface area contributed by atoms with Gasteiger partial charge in [-0.2, -0.15) is 0 Å². The maximum atomic E-state index is 11.9. The topological polar surface area (TPSA) is 41.1 Å². The highest BCUT2D eigenvalue weighted by atomic mass is 16.2. The second kappa shape index (κ2) is 6.61. The van der Waals surface area contributed by atoms with Gasteiger partial charge in [0.25, 0.3) is 0 Å². The van der Waals surface area contributed by atoms with E-state index in [1.54, 1.807) is 0 Å². The van der Waals surface area contributed by atoms with Crippen LogP contribution in [-0.2, 0) is 6.54 Å². The molecule has 0 bridgehead atoms. The molecule has 0 radical (unpaired) electrons. The van der Waals surface area contributed by atoms with Crippen molar-refractivity contribution in [2.75, 3.05) is 0 Å². The molecule has 2 amide bonds. The third kappa shape index (κ3) is 3.75. The number of rotatable bonds is 3. The molecule has 1 saturated carbocycles. The Morgan fingerprint density at radius 1 is 1.00 bits per heavy atom. The number of urea groups is 1. The highest BCUT2D eigenvalue weighted by Gasteiger charge is 2.15. The summed E-state index contributed by atoms with van der Waals surface area (Å²) in [6.07, 6.45) is 5.99. The molecule has 2 N–H and O–H groups in total. The van der Waals surface area contributed by atoms with Crippen molar-refractivity contribution in [3.8, 4) is 0 Å². The second-order valence-corrected chi connectivity index (χ2v) is 5.84. The zero-order valence-corrected chi connectivity index (χ0v) is 12.3. The molecule has 2 aromatic rings. The lowest BCUT2D eigenvalue weighted by atomic mass is 9.96. The van der Waals surface area contributed by atoms with Crippen molar-refractivity contribution < 1.29 is 4.79 Å². The van der Waals surface area contributed by atoms with Crippen LogP contribution in [-0.4, -0.2) is 12.1 Å². The van der Waals surface area contributed by atoms with Gasteiger partial charge < -0.3 is 10.6 Å². The molecular formula is C18H22N2O. The van der Waals surface area contributed by atoms with E-state index in [4.69, 9.17) is 0 Å². The van der Waals surface area contributed by atoms with Crippen LogP contribution in [0, 0.1) is 0 Å². The summed E-state index contributed by atoms with van der Waals surface area (Å²) in [7, 11) is 0. The van der Waals surface area contributed by atoms with Crippen molar-refractivity contribution in [2.45, 2.75) is 44.7 Å². The van der Waals surface area contributed by atoms with Crippen LogP contribution in [0.3, 0.4) is 0 Å². The van der Waals surface area contributed by atoms with E-state index in [1.165, 1.54) is 30.0 Å². The lowest BCUT2D eigenvalue weighted by molar-refractivity contribution is 0.232. The van der Waals surface area contributed by atoms with Crippen molar-refractivity contribution in [3.63, 3.8) is 0 Å². The molecule has 1 aliphatic carbocycles. The lowest BCUT2D eigenvalue weighted by Gasteiger charge is -2.22. The summed E-state index contributed by atoms with van der Waals surface area (Å²) in [5.41, 5.74) is 1.13. The molecule has 1 aliphatic rings. The summed E-state index contributed by atoms with van der Waals surface area (Å²) in [6, 6.07) is 14.9. The maximum absolute atomic E-state index is 11.9. The van der Waals surface area contributed by atoms with E-state index < -0.39 is 0 Å². The van der Waals surface area contributed by atoms with Gasteiger partial charge in [0.15, 0.2) is 0 Å². The van der Waals surface area contributed by atoms with Gasteiger partial charge >= 0.3 is 6.03 Å². The first-order chi connectivity index (χ1) is 10.3. The van der Waals surface area contributed by atoms with Crippen LogP contribution in [0.15, 0.2) is 42.5 Å². The van der Waals surface area contributed by atoms with Crippen LogP contribution in [0.4, 0.5) is 4.79 Å². The van der Waals surface area contributed by atoms with Crippen LogP contribution in [0.25, 0.3) is 10.8 Å². The Morgan fingerprint density at radius 2 is 1.76 bits per heavy atom. The molecule has 0 spiro atoms. The Hall–Kier alpha value is -2.03. The molecule has 0 heterocycles. The van der Waals surface area contributed by atoms with Gasteiger partial charge in [0, 0.05) is 12.6 Å². The molecule has 3 heteroatoms. The van der Waals surface area contributed by atoms with Gasteiger partial charge in [0.1, 0.15) is 0 Å². The number of hydrogen-bond acceptors (Lipinski definition) is 1. The predicted octanol–water partition coefficient (Wildman–Crippen LogP) is 3.97. The smallest absolute Gasteiger partial charge is 0.315 e. The molecule has 21 heavy (non-hydrogen) atoms. The second-order valence-electron chi connectivity index (χ2n) is 5.84. The fraction of sp³-hybridized carbons (Fsp3) is 0.389. The number of hydrogen-bond donors (Lipinski definition) is 2.